The quantitative estimate of drug-likeness (QED) is 0.630. The Morgan fingerprint density at radius 3 is 2.32 bits per heavy atom. The topological polar surface area (TPSA) is 88.7 Å². The Kier molecular flexibility index (Phi) is 5.97. The van der Waals surface area contributed by atoms with Crippen molar-refractivity contribution in [2.24, 2.45) is 0 Å². The monoisotopic (exact) mass is 420 g/mol. The molecule has 3 heterocycles. The van der Waals surface area contributed by atoms with Gasteiger partial charge in [-0.3, -0.25) is 14.4 Å². The highest BCUT2D eigenvalue weighted by Crippen LogP contribution is 2.16. The summed E-state index contributed by atoms with van der Waals surface area (Å²) in [6.45, 7) is 3.59. The van der Waals surface area contributed by atoms with E-state index in [1.54, 1.807) is 28.0 Å². The lowest BCUT2D eigenvalue weighted by Gasteiger charge is -2.34. The van der Waals surface area contributed by atoms with Crippen molar-refractivity contribution in [3.05, 3.63) is 76.5 Å². The number of rotatable bonds is 5. The van der Waals surface area contributed by atoms with E-state index in [9.17, 15) is 14.4 Å². The minimum Gasteiger partial charge on any atom is -0.459 e. The van der Waals surface area contributed by atoms with Crippen LogP contribution in [0.4, 0.5) is 0 Å². The number of carbonyl (C=O) groups excluding carboxylic acids is 2. The van der Waals surface area contributed by atoms with Crippen molar-refractivity contribution >= 4 is 11.8 Å². The van der Waals surface area contributed by atoms with Gasteiger partial charge in [-0.2, -0.15) is 5.10 Å². The third-order valence-electron chi connectivity index (χ3n) is 5.46. The summed E-state index contributed by atoms with van der Waals surface area (Å²) >= 11 is 0. The molecule has 2 amide bonds. The number of nitrogens with zero attached hydrogens (tertiary/aromatic N) is 4. The zero-order valence-electron chi connectivity index (χ0n) is 17.4. The summed E-state index contributed by atoms with van der Waals surface area (Å²) in [6, 6.07) is 14.4. The number of hydrogen-bond donors (Lipinski definition) is 0. The predicted octanol–water partition coefficient (Wildman–Crippen LogP) is 2.05. The van der Waals surface area contributed by atoms with Crippen LogP contribution in [0.15, 0.2) is 64.0 Å². The molecule has 0 unspecified atom stereocenters. The van der Waals surface area contributed by atoms with E-state index < -0.39 is 0 Å². The second-order valence-corrected chi connectivity index (χ2v) is 7.42. The largest absolute Gasteiger partial charge is 0.459 e. The number of hydrogen-bond acceptors (Lipinski definition) is 5. The highest BCUT2D eigenvalue weighted by Gasteiger charge is 2.26. The maximum atomic E-state index is 12.8. The Morgan fingerprint density at radius 1 is 0.968 bits per heavy atom. The summed E-state index contributed by atoms with van der Waals surface area (Å²) in [7, 11) is 0. The van der Waals surface area contributed by atoms with Crippen molar-refractivity contribution in [3.8, 4) is 11.3 Å². The van der Waals surface area contributed by atoms with Gasteiger partial charge >= 0.3 is 0 Å². The van der Waals surface area contributed by atoms with Gasteiger partial charge in [-0.05, 0) is 30.2 Å². The molecule has 8 nitrogen and oxygen atoms in total. The first-order valence-electron chi connectivity index (χ1n) is 10.3. The maximum Gasteiger partial charge on any atom is 0.289 e. The first-order chi connectivity index (χ1) is 15.0. The van der Waals surface area contributed by atoms with E-state index in [4.69, 9.17) is 4.42 Å². The van der Waals surface area contributed by atoms with Gasteiger partial charge in [-0.25, -0.2) is 4.68 Å². The average molecular weight is 420 g/mol. The summed E-state index contributed by atoms with van der Waals surface area (Å²) < 4.78 is 6.36. The van der Waals surface area contributed by atoms with Gasteiger partial charge in [0.1, 0.15) is 6.54 Å². The lowest BCUT2D eigenvalue weighted by Crippen LogP contribution is -2.51. The van der Waals surface area contributed by atoms with E-state index >= 15 is 0 Å². The number of furan rings is 1. The lowest BCUT2D eigenvalue weighted by molar-refractivity contribution is -0.133. The fraction of sp³-hybridized carbons (Fsp3) is 0.304. The van der Waals surface area contributed by atoms with Gasteiger partial charge in [0.2, 0.25) is 5.91 Å². The summed E-state index contributed by atoms with van der Waals surface area (Å²) in [6.07, 6.45) is 2.41. The van der Waals surface area contributed by atoms with Crippen LogP contribution in [0.5, 0.6) is 0 Å². The summed E-state index contributed by atoms with van der Waals surface area (Å²) in [5.74, 6) is -0.0886. The Balaban J connectivity index is 1.40. The molecule has 0 bridgehead atoms. The standard InChI is InChI=1S/C23H24N4O4/c1-2-17-5-7-18(8-6-17)19-9-10-21(28)27(24-19)16-22(29)25-11-13-26(14-12-25)23(30)20-4-3-15-31-20/h3-10,15H,2,11-14,16H2,1H3. The molecule has 1 aliphatic heterocycles. The van der Waals surface area contributed by atoms with Crippen molar-refractivity contribution in [3.63, 3.8) is 0 Å². The van der Waals surface area contributed by atoms with Crippen LogP contribution in [0.25, 0.3) is 11.3 Å². The highest BCUT2D eigenvalue weighted by atomic mass is 16.3. The molecular formula is C23H24N4O4. The Bertz CT molecular complexity index is 1110. The second-order valence-electron chi connectivity index (χ2n) is 7.42. The molecule has 1 fully saturated rings. The van der Waals surface area contributed by atoms with E-state index in [1.807, 2.05) is 24.3 Å². The summed E-state index contributed by atoms with van der Waals surface area (Å²) in [5, 5.41) is 4.39. The van der Waals surface area contributed by atoms with Crippen molar-refractivity contribution in [2.75, 3.05) is 26.2 Å². The predicted molar refractivity (Wildman–Crippen MR) is 115 cm³/mol. The molecule has 0 radical (unpaired) electrons. The molecule has 2 aromatic heterocycles. The maximum absolute atomic E-state index is 12.8. The first-order valence-corrected chi connectivity index (χ1v) is 10.3. The van der Waals surface area contributed by atoms with Crippen LogP contribution in [0.3, 0.4) is 0 Å². The van der Waals surface area contributed by atoms with Crippen LogP contribution in [-0.2, 0) is 17.8 Å². The lowest BCUT2D eigenvalue weighted by atomic mass is 10.1. The van der Waals surface area contributed by atoms with Gasteiger partial charge in [0.15, 0.2) is 5.76 Å². The molecule has 160 valence electrons. The Morgan fingerprint density at radius 2 is 1.68 bits per heavy atom. The smallest absolute Gasteiger partial charge is 0.289 e. The van der Waals surface area contributed by atoms with Crippen LogP contribution in [0, 0.1) is 0 Å². The van der Waals surface area contributed by atoms with Crippen molar-refractivity contribution in [1.29, 1.82) is 0 Å². The van der Waals surface area contributed by atoms with Crippen LogP contribution in [-0.4, -0.2) is 57.6 Å². The van der Waals surface area contributed by atoms with Gasteiger partial charge in [-0.1, -0.05) is 31.2 Å². The molecule has 4 rings (SSSR count). The van der Waals surface area contributed by atoms with E-state index in [-0.39, 0.29) is 23.9 Å². The average Bonchev–Trinajstić information content (AvgIpc) is 3.35. The number of benzene rings is 1. The fourth-order valence-electron chi connectivity index (χ4n) is 3.57. The molecule has 1 aliphatic rings. The first kappa shape index (κ1) is 20.6. The molecule has 31 heavy (non-hydrogen) atoms. The van der Waals surface area contributed by atoms with Gasteiger partial charge in [-0.15, -0.1) is 0 Å². The number of amides is 2. The number of aryl methyl sites for hydroxylation is 1. The van der Waals surface area contributed by atoms with Crippen LogP contribution >= 0.6 is 0 Å². The molecule has 3 aromatic rings. The summed E-state index contributed by atoms with van der Waals surface area (Å²) in [5.41, 5.74) is 2.43. The van der Waals surface area contributed by atoms with E-state index in [0.29, 0.717) is 37.6 Å². The Hall–Kier alpha value is -3.68. The molecule has 0 aliphatic carbocycles. The summed E-state index contributed by atoms with van der Waals surface area (Å²) in [4.78, 5) is 40.7. The van der Waals surface area contributed by atoms with Crippen molar-refractivity contribution < 1.29 is 14.0 Å². The Labute approximate surface area is 179 Å². The molecule has 1 saturated heterocycles. The minimum atomic E-state index is -0.325. The third kappa shape index (κ3) is 4.58. The zero-order valence-corrected chi connectivity index (χ0v) is 17.4. The van der Waals surface area contributed by atoms with Crippen molar-refractivity contribution in [2.45, 2.75) is 19.9 Å². The van der Waals surface area contributed by atoms with E-state index in [0.717, 1.165) is 12.0 Å². The number of carbonyl (C=O) groups is 2. The zero-order chi connectivity index (χ0) is 21.8. The number of aromatic nitrogens is 2. The molecule has 0 spiro atoms. The molecule has 0 atom stereocenters. The molecular weight excluding hydrogens is 396 g/mol. The SMILES string of the molecule is CCc1ccc(-c2ccc(=O)n(CC(=O)N3CCN(C(=O)c4ccco4)CC3)n2)cc1. The van der Waals surface area contributed by atoms with Gasteiger partial charge in [0.05, 0.1) is 12.0 Å². The molecule has 8 heteroatoms. The van der Waals surface area contributed by atoms with Crippen molar-refractivity contribution in [1.82, 2.24) is 19.6 Å². The minimum absolute atomic E-state index is 0.133. The van der Waals surface area contributed by atoms with Gasteiger partial charge in [0, 0.05) is 37.8 Å². The van der Waals surface area contributed by atoms with Crippen LogP contribution in [0.2, 0.25) is 0 Å². The second kappa shape index (κ2) is 8.99. The van der Waals surface area contributed by atoms with E-state index in [1.165, 1.54) is 22.6 Å². The van der Waals surface area contributed by atoms with Gasteiger partial charge < -0.3 is 14.2 Å². The van der Waals surface area contributed by atoms with Crippen LogP contribution in [0.1, 0.15) is 23.0 Å². The number of piperazine rings is 1. The third-order valence-corrected chi connectivity index (χ3v) is 5.46. The normalized spacial score (nSPS) is 14.0. The fourth-order valence-corrected chi connectivity index (χ4v) is 3.57. The highest BCUT2D eigenvalue weighted by molar-refractivity contribution is 5.91. The molecule has 0 saturated carbocycles. The molecule has 1 aromatic carbocycles. The molecule has 0 N–H and O–H groups in total. The van der Waals surface area contributed by atoms with E-state index in [2.05, 4.69) is 12.0 Å². The van der Waals surface area contributed by atoms with Gasteiger partial charge in [0.25, 0.3) is 11.5 Å². The van der Waals surface area contributed by atoms with Crippen LogP contribution < -0.4 is 5.56 Å².